The maximum Gasteiger partial charge on any atom is 0.255 e. The zero-order valence-electron chi connectivity index (χ0n) is 24.0. The molecule has 6 nitrogen and oxygen atoms in total. The summed E-state index contributed by atoms with van der Waals surface area (Å²) in [6, 6.07) is 21.9. The molecule has 0 spiro atoms. The third kappa shape index (κ3) is 6.57. The number of nitrogens with one attached hydrogen (secondary N) is 1. The van der Waals surface area contributed by atoms with Crippen LogP contribution in [0.25, 0.3) is 22.4 Å². The summed E-state index contributed by atoms with van der Waals surface area (Å²) in [4.78, 5) is 17.8. The van der Waals surface area contributed by atoms with Gasteiger partial charge in [0.1, 0.15) is 11.4 Å². The number of nitrogens with zero attached hydrogens (tertiary/aromatic N) is 1. The van der Waals surface area contributed by atoms with Gasteiger partial charge < -0.3 is 20.3 Å². The van der Waals surface area contributed by atoms with Crippen molar-refractivity contribution >= 4 is 29.1 Å². The van der Waals surface area contributed by atoms with Gasteiger partial charge in [0.15, 0.2) is 0 Å². The Bertz CT molecular complexity index is 1630. The molecule has 2 atom stereocenters. The first-order chi connectivity index (χ1) is 19.8. The minimum Gasteiger partial charge on any atom is -0.507 e. The predicted molar refractivity (Wildman–Crippen MR) is 168 cm³/mol. The van der Waals surface area contributed by atoms with Crippen LogP contribution in [-0.4, -0.2) is 38.9 Å². The number of aryl methyl sites for hydroxylation is 1. The molecule has 0 saturated heterocycles. The van der Waals surface area contributed by atoms with Crippen LogP contribution in [0.5, 0.6) is 11.6 Å². The van der Waals surface area contributed by atoms with Gasteiger partial charge >= 0.3 is 0 Å². The number of phenols is 1. The van der Waals surface area contributed by atoms with Crippen molar-refractivity contribution in [1.29, 1.82) is 0 Å². The van der Waals surface area contributed by atoms with Gasteiger partial charge in [-0.05, 0) is 94.0 Å². The molecule has 3 N–H and O–H groups in total. The van der Waals surface area contributed by atoms with E-state index in [1.54, 1.807) is 25.1 Å². The molecule has 5 rings (SSSR count). The van der Waals surface area contributed by atoms with Crippen molar-refractivity contribution in [3.63, 3.8) is 0 Å². The maximum atomic E-state index is 12.7. The number of benzene rings is 3. The van der Waals surface area contributed by atoms with Crippen LogP contribution in [0.15, 0.2) is 72.8 Å². The number of amides is 1. The van der Waals surface area contributed by atoms with Crippen molar-refractivity contribution in [2.45, 2.75) is 57.7 Å². The lowest BCUT2D eigenvalue weighted by Gasteiger charge is -2.40. The molecule has 218 valence electrons. The van der Waals surface area contributed by atoms with Crippen molar-refractivity contribution in [3.05, 3.63) is 99.5 Å². The van der Waals surface area contributed by atoms with Gasteiger partial charge in [-0.1, -0.05) is 59.6 Å². The molecule has 0 radical (unpaired) electrons. The number of para-hydroxylation sites is 1. The number of aromatic nitrogens is 1. The molecule has 42 heavy (non-hydrogen) atoms. The Balaban J connectivity index is 1.52. The van der Waals surface area contributed by atoms with E-state index in [0.29, 0.717) is 34.5 Å². The number of aromatic hydroxyl groups is 1. The molecule has 8 heteroatoms. The van der Waals surface area contributed by atoms with Gasteiger partial charge in [0.05, 0.1) is 21.9 Å². The van der Waals surface area contributed by atoms with E-state index >= 15 is 0 Å². The second-order valence-electron chi connectivity index (χ2n) is 11.9. The first-order valence-corrected chi connectivity index (χ1v) is 14.6. The number of hydrogen-bond donors (Lipinski definition) is 3. The van der Waals surface area contributed by atoms with Gasteiger partial charge in [0.25, 0.3) is 5.91 Å². The third-order valence-corrected chi connectivity index (χ3v) is 8.13. The Morgan fingerprint density at radius 2 is 1.79 bits per heavy atom. The van der Waals surface area contributed by atoms with Crippen molar-refractivity contribution in [3.8, 4) is 34.0 Å². The van der Waals surface area contributed by atoms with E-state index in [1.165, 1.54) is 6.07 Å². The molecule has 2 heterocycles. The van der Waals surface area contributed by atoms with Crippen LogP contribution >= 0.6 is 23.2 Å². The molecule has 0 aliphatic carbocycles. The lowest BCUT2D eigenvalue weighted by molar-refractivity contribution is 0.0159. The number of phenolic OH excluding ortho intramolecular Hbond substituents is 1. The summed E-state index contributed by atoms with van der Waals surface area (Å²) in [6.45, 7) is 7.70. The minimum absolute atomic E-state index is 0.00180. The number of ether oxygens (including phenoxy) is 1. The fourth-order valence-electron chi connectivity index (χ4n) is 5.58. The van der Waals surface area contributed by atoms with E-state index in [4.69, 9.17) is 32.9 Å². The zero-order valence-corrected chi connectivity index (χ0v) is 25.6. The van der Waals surface area contributed by atoms with E-state index in [9.17, 15) is 15.0 Å². The van der Waals surface area contributed by atoms with Crippen molar-refractivity contribution < 1.29 is 19.7 Å². The zero-order chi connectivity index (χ0) is 30.2. The van der Waals surface area contributed by atoms with Crippen LogP contribution in [0.4, 0.5) is 0 Å². The molecule has 3 aromatic carbocycles. The number of fused-ring (bicyclic) bond motifs is 1. The highest BCUT2D eigenvalue weighted by Crippen LogP contribution is 2.47. The fraction of sp³-hybridized carbons (Fsp3) is 0.294. The first-order valence-electron chi connectivity index (χ1n) is 13.9. The lowest BCUT2D eigenvalue weighted by Crippen LogP contribution is -2.44. The summed E-state index contributed by atoms with van der Waals surface area (Å²) in [5.74, 6) is -0.191. The second kappa shape index (κ2) is 11.6. The summed E-state index contributed by atoms with van der Waals surface area (Å²) in [5.41, 5.74) is 3.55. The number of aliphatic hydroxyl groups is 1. The van der Waals surface area contributed by atoms with E-state index in [0.717, 1.165) is 27.8 Å². The summed E-state index contributed by atoms with van der Waals surface area (Å²) in [5, 5.41) is 25.5. The summed E-state index contributed by atoms with van der Waals surface area (Å²) in [7, 11) is 0. The van der Waals surface area contributed by atoms with Gasteiger partial charge in [-0.25, -0.2) is 4.98 Å². The van der Waals surface area contributed by atoms with Gasteiger partial charge in [0, 0.05) is 28.3 Å². The number of rotatable bonds is 7. The topological polar surface area (TPSA) is 91.7 Å². The molecule has 1 aliphatic heterocycles. The van der Waals surface area contributed by atoms with Gasteiger partial charge in [-0.15, -0.1) is 0 Å². The number of carbonyl (C=O) groups is 1. The molecular weight excluding hydrogens is 571 g/mol. The number of carbonyl (C=O) groups excluding carboxylic acids is 1. The largest absolute Gasteiger partial charge is 0.507 e. The minimum atomic E-state index is -1.26. The second-order valence-corrected chi connectivity index (χ2v) is 12.8. The summed E-state index contributed by atoms with van der Waals surface area (Å²) < 4.78 is 6.41. The predicted octanol–water partition coefficient (Wildman–Crippen LogP) is 7.95. The molecule has 0 bridgehead atoms. The molecule has 0 saturated carbocycles. The van der Waals surface area contributed by atoms with E-state index in [2.05, 4.69) is 11.4 Å². The summed E-state index contributed by atoms with van der Waals surface area (Å²) >= 11 is 12.9. The highest BCUT2D eigenvalue weighted by molar-refractivity contribution is 6.33. The smallest absolute Gasteiger partial charge is 0.255 e. The highest BCUT2D eigenvalue weighted by atomic mass is 35.5. The van der Waals surface area contributed by atoms with Gasteiger partial charge in [-0.2, -0.15) is 0 Å². The SMILES string of the molecule is Cc1ccc(-c2nc3c(cc2-c2ccc(Cl)cc2)C(CC(C)(O)CNC(=O)c2ccccc2O)CC(C)(C)O3)c(Cl)c1. The van der Waals surface area contributed by atoms with E-state index in [-0.39, 0.29) is 23.8 Å². The first kappa shape index (κ1) is 29.9. The fourth-order valence-corrected chi connectivity index (χ4v) is 6.03. The highest BCUT2D eigenvalue weighted by Gasteiger charge is 2.39. The van der Waals surface area contributed by atoms with E-state index in [1.807, 2.05) is 63.2 Å². The van der Waals surface area contributed by atoms with Crippen LogP contribution in [0.2, 0.25) is 10.0 Å². The molecular formula is C34H34Cl2N2O4. The van der Waals surface area contributed by atoms with Crippen LogP contribution in [0, 0.1) is 6.92 Å². The Morgan fingerprint density at radius 1 is 1.07 bits per heavy atom. The Hall–Kier alpha value is -3.58. The van der Waals surface area contributed by atoms with Crippen LogP contribution < -0.4 is 10.1 Å². The average Bonchev–Trinajstić information content (AvgIpc) is 2.91. The van der Waals surface area contributed by atoms with Gasteiger partial charge in [-0.3, -0.25) is 4.79 Å². The van der Waals surface area contributed by atoms with Crippen molar-refractivity contribution in [2.75, 3.05) is 6.54 Å². The molecule has 2 unspecified atom stereocenters. The number of hydrogen-bond acceptors (Lipinski definition) is 5. The molecule has 1 amide bonds. The average molecular weight is 606 g/mol. The number of halogens is 2. The van der Waals surface area contributed by atoms with Crippen LogP contribution in [0.1, 0.15) is 61.0 Å². The van der Waals surface area contributed by atoms with Crippen molar-refractivity contribution in [2.24, 2.45) is 0 Å². The standard InChI is InChI=1S/C34H34Cl2N2O4/c1-20-9-14-24(28(36)15-20)30-26(21-10-12-23(35)13-11-21)16-27-22(17-33(2,3)42-32(27)38-30)18-34(4,41)19-37-31(40)25-7-5-6-8-29(25)39/h5-16,22,39,41H,17-19H2,1-4H3,(H,37,40). The Labute approximate surface area is 256 Å². The number of pyridine rings is 1. The monoisotopic (exact) mass is 604 g/mol. The summed E-state index contributed by atoms with van der Waals surface area (Å²) in [6.07, 6.45) is 0.982. The quantitative estimate of drug-likeness (QED) is 0.199. The molecule has 4 aromatic rings. The lowest BCUT2D eigenvalue weighted by atomic mass is 9.78. The normalized spacial score (nSPS) is 17.1. The molecule has 1 aliphatic rings. The maximum absolute atomic E-state index is 12.7. The van der Waals surface area contributed by atoms with Crippen molar-refractivity contribution in [1.82, 2.24) is 10.3 Å². The molecule has 1 aromatic heterocycles. The van der Waals surface area contributed by atoms with Crippen LogP contribution in [-0.2, 0) is 0 Å². The van der Waals surface area contributed by atoms with Crippen LogP contribution in [0.3, 0.4) is 0 Å². The van der Waals surface area contributed by atoms with E-state index < -0.39 is 17.1 Å². The Morgan fingerprint density at radius 3 is 2.48 bits per heavy atom. The molecule has 0 fully saturated rings. The van der Waals surface area contributed by atoms with Gasteiger partial charge in [0.2, 0.25) is 5.88 Å². The Kier molecular flexibility index (Phi) is 8.26. The third-order valence-electron chi connectivity index (χ3n) is 7.57.